The molecule has 1 saturated heterocycles. The van der Waals surface area contributed by atoms with Gasteiger partial charge < -0.3 is 19.7 Å². The first kappa shape index (κ1) is 18.5. The Morgan fingerprint density at radius 1 is 1.07 bits per heavy atom. The van der Waals surface area contributed by atoms with E-state index in [0.717, 1.165) is 25.9 Å². The van der Waals surface area contributed by atoms with Gasteiger partial charge in [-0.25, -0.2) is 0 Å². The van der Waals surface area contributed by atoms with Crippen LogP contribution < -0.4 is 19.7 Å². The Morgan fingerprint density at radius 2 is 1.70 bits per heavy atom. The van der Waals surface area contributed by atoms with E-state index in [0.29, 0.717) is 22.9 Å². The Hall–Kier alpha value is -3.29. The second-order valence-corrected chi connectivity index (χ2v) is 6.21. The standard InChI is InChI=1S/C19H21N3O5/c1-26-15-9-13(10-16(12-15)27-2)20-19(23)17-11-14(22(24)25)5-6-18(17)21-7-3-4-8-21/h5-6,9-12H,3-4,7-8H2,1-2H3,(H,20,23). The van der Waals surface area contributed by atoms with Gasteiger partial charge in [-0.3, -0.25) is 14.9 Å². The Labute approximate surface area is 156 Å². The fourth-order valence-corrected chi connectivity index (χ4v) is 3.13. The van der Waals surface area contributed by atoms with Crippen LogP contribution in [-0.4, -0.2) is 38.1 Å². The minimum absolute atomic E-state index is 0.119. The summed E-state index contributed by atoms with van der Waals surface area (Å²) in [4.78, 5) is 25.7. The van der Waals surface area contributed by atoms with Gasteiger partial charge in [0.25, 0.3) is 11.6 Å². The Balaban J connectivity index is 1.95. The molecule has 142 valence electrons. The molecule has 3 rings (SSSR count). The average Bonchev–Trinajstić information content (AvgIpc) is 3.21. The molecular formula is C19H21N3O5. The minimum atomic E-state index is -0.501. The van der Waals surface area contributed by atoms with Crippen LogP contribution in [0.3, 0.4) is 0 Å². The predicted molar refractivity (Wildman–Crippen MR) is 102 cm³/mol. The van der Waals surface area contributed by atoms with E-state index >= 15 is 0 Å². The summed E-state index contributed by atoms with van der Waals surface area (Å²) in [5, 5.41) is 14.0. The van der Waals surface area contributed by atoms with Crippen LogP contribution in [0.1, 0.15) is 23.2 Å². The number of methoxy groups -OCH3 is 2. The monoisotopic (exact) mass is 371 g/mol. The van der Waals surface area contributed by atoms with Crippen LogP contribution in [0.5, 0.6) is 11.5 Å². The van der Waals surface area contributed by atoms with Gasteiger partial charge in [0.05, 0.1) is 30.4 Å². The smallest absolute Gasteiger partial charge is 0.270 e. The van der Waals surface area contributed by atoms with Crippen molar-refractivity contribution < 1.29 is 19.2 Å². The molecule has 8 nitrogen and oxygen atoms in total. The Kier molecular flexibility index (Phi) is 5.44. The summed E-state index contributed by atoms with van der Waals surface area (Å²) >= 11 is 0. The van der Waals surface area contributed by atoms with Gasteiger partial charge in [-0.1, -0.05) is 0 Å². The van der Waals surface area contributed by atoms with Crippen molar-refractivity contribution >= 4 is 23.0 Å². The van der Waals surface area contributed by atoms with Crippen molar-refractivity contribution in [3.05, 3.63) is 52.1 Å². The highest BCUT2D eigenvalue weighted by molar-refractivity contribution is 6.08. The third-order valence-electron chi connectivity index (χ3n) is 4.49. The number of hydrogen-bond acceptors (Lipinski definition) is 6. The summed E-state index contributed by atoms with van der Waals surface area (Å²) in [6.07, 6.45) is 2.07. The van der Waals surface area contributed by atoms with E-state index in [4.69, 9.17) is 9.47 Å². The molecule has 0 aliphatic carbocycles. The molecule has 1 amide bonds. The predicted octanol–water partition coefficient (Wildman–Crippen LogP) is 3.46. The quantitative estimate of drug-likeness (QED) is 0.617. The topological polar surface area (TPSA) is 93.9 Å². The first-order valence-electron chi connectivity index (χ1n) is 8.59. The van der Waals surface area contributed by atoms with Gasteiger partial charge in [0, 0.05) is 49.1 Å². The molecule has 2 aromatic carbocycles. The fourth-order valence-electron chi connectivity index (χ4n) is 3.13. The second kappa shape index (κ2) is 7.94. The number of nitro groups is 1. The van der Waals surface area contributed by atoms with E-state index < -0.39 is 10.8 Å². The second-order valence-electron chi connectivity index (χ2n) is 6.21. The summed E-state index contributed by atoms with van der Waals surface area (Å²) in [7, 11) is 3.04. The highest BCUT2D eigenvalue weighted by Gasteiger charge is 2.23. The van der Waals surface area contributed by atoms with Crippen molar-refractivity contribution in [1.29, 1.82) is 0 Å². The largest absolute Gasteiger partial charge is 0.497 e. The number of carbonyl (C=O) groups excluding carboxylic acids is 1. The maximum Gasteiger partial charge on any atom is 0.270 e. The zero-order valence-electron chi connectivity index (χ0n) is 15.2. The van der Waals surface area contributed by atoms with E-state index in [1.807, 2.05) is 0 Å². The lowest BCUT2D eigenvalue weighted by atomic mass is 10.1. The molecule has 1 aliphatic heterocycles. The Morgan fingerprint density at radius 3 is 2.26 bits per heavy atom. The number of anilines is 2. The molecule has 0 unspecified atom stereocenters. The molecule has 0 radical (unpaired) electrons. The van der Waals surface area contributed by atoms with Gasteiger partial charge in [-0.2, -0.15) is 0 Å². The number of nitrogens with zero attached hydrogens (tertiary/aromatic N) is 2. The highest BCUT2D eigenvalue weighted by Crippen LogP contribution is 2.30. The number of hydrogen-bond donors (Lipinski definition) is 1. The molecule has 0 saturated carbocycles. The van der Waals surface area contributed by atoms with E-state index in [1.54, 1.807) is 24.3 Å². The molecule has 1 N–H and O–H groups in total. The van der Waals surface area contributed by atoms with Crippen LogP contribution >= 0.6 is 0 Å². The molecule has 0 aromatic heterocycles. The molecule has 2 aromatic rings. The molecule has 1 heterocycles. The number of nitrogens with one attached hydrogen (secondary N) is 1. The lowest BCUT2D eigenvalue weighted by Gasteiger charge is -2.21. The van der Waals surface area contributed by atoms with Gasteiger partial charge in [-0.15, -0.1) is 0 Å². The summed E-state index contributed by atoms with van der Waals surface area (Å²) in [6.45, 7) is 1.65. The summed E-state index contributed by atoms with van der Waals surface area (Å²) < 4.78 is 10.4. The fraction of sp³-hybridized carbons (Fsp3) is 0.316. The van der Waals surface area contributed by atoms with Crippen LogP contribution in [0.15, 0.2) is 36.4 Å². The number of amides is 1. The Bertz CT molecular complexity index is 840. The zero-order chi connectivity index (χ0) is 19.4. The number of ether oxygens (including phenoxy) is 2. The van der Waals surface area contributed by atoms with Gasteiger partial charge >= 0.3 is 0 Å². The molecular weight excluding hydrogens is 350 g/mol. The van der Waals surface area contributed by atoms with E-state index in [-0.39, 0.29) is 11.3 Å². The molecule has 0 bridgehead atoms. The molecule has 0 atom stereocenters. The number of non-ortho nitro benzene ring substituents is 1. The summed E-state index contributed by atoms with van der Waals surface area (Å²) in [6, 6.07) is 9.41. The first-order chi connectivity index (χ1) is 13.0. The normalized spacial score (nSPS) is 13.3. The van der Waals surface area contributed by atoms with Crippen LogP contribution in [0.2, 0.25) is 0 Å². The molecule has 1 fully saturated rings. The maximum atomic E-state index is 12.9. The van der Waals surface area contributed by atoms with Crippen molar-refractivity contribution in [2.45, 2.75) is 12.8 Å². The molecule has 1 aliphatic rings. The van der Waals surface area contributed by atoms with E-state index in [1.165, 1.54) is 26.4 Å². The van der Waals surface area contributed by atoms with Gasteiger partial charge in [0.2, 0.25) is 0 Å². The third kappa shape index (κ3) is 4.11. The molecule has 0 spiro atoms. The van der Waals surface area contributed by atoms with E-state index in [9.17, 15) is 14.9 Å². The minimum Gasteiger partial charge on any atom is -0.497 e. The molecule has 8 heteroatoms. The van der Waals surface area contributed by atoms with Gasteiger partial charge in [-0.05, 0) is 18.9 Å². The summed E-state index contributed by atoms with van der Waals surface area (Å²) in [5.41, 5.74) is 1.33. The molecule has 27 heavy (non-hydrogen) atoms. The van der Waals surface area contributed by atoms with Crippen LogP contribution in [-0.2, 0) is 0 Å². The van der Waals surface area contributed by atoms with Gasteiger partial charge in [0.1, 0.15) is 11.5 Å². The van der Waals surface area contributed by atoms with Crippen LogP contribution in [0.4, 0.5) is 17.1 Å². The van der Waals surface area contributed by atoms with Crippen molar-refractivity contribution in [2.75, 3.05) is 37.5 Å². The summed E-state index contributed by atoms with van der Waals surface area (Å²) in [5.74, 6) is 0.642. The van der Waals surface area contributed by atoms with Crippen LogP contribution in [0, 0.1) is 10.1 Å². The van der Waals surface area contributed by atoms with E-state index in [2.05, 4.69) is 10.2 Å². The van der Waals surface area contributed by atoms with Crippen molar-refractivity contribution in [2.24, 2.45) is 0 Å². The van der Waals surface area contributed by atoms with Crippen molar-refractivity contribution in [3.63, 3.8) is 0 Å². The number of benzene rings is 2. The van der Waals surface area contributed by atoms with Crippen molar-refractivity contribution in [1.82, 2.24) is 0 Å². The number of carbonyl (C=O) groups is 1. The SMILES string of the molecule is COc1cc(NC(=O)c2cc([N+](=O)[O-])ccc2N2CCCC2)cc(OC)c1. The lowest BCUT2D eigenvalue weighted by Crippen LogP contribution is -2.23. The van der Waals surface area contributed by atoms with Gasteiger partial charge in [0.15, 0.2) is 0 Å². The lowest BCUT2D eigenvalue weighted by molar-refractivity contribution is -0.384. The van der Waals surface area contributed by atoms with Crippen LogP contribution in [0.25, 0.3) is 0 Å². The van der Waals surface area contributed by atoms with Crippen molar-refractivity contribution in [3.8, 4) is 11.5 Å². The number of rotatable bonds is 6. The average molecular weight is 371 g/mol. The zero-order valence-corrected chi connectivity index (χ0v) is 15.2. The first-order valence-corrected chi connectivity index (χ1v) is 8.59. The third-order valence-corrected chi connectivity index (χ3v) is 4.49. The number of nitro benzene ring substituents is 1. The highest BCUT2D eigenvalue weighted by atomic mass is 16.6. The maximum absolute atomic E-state index is 12.9.